The van der Waals surface area contributed by atoms with Crippen molar-refractivity contribution in [1.82, 2.24) is 14.8 Å². The smallest absolute Gasteiger partial charge is 0.267 e. The van der Waals surface area contributed by atoms with E-state index in [4.69, 9.17) is 14.5 Å². The summed E-state index contributed by atoms with van der Waals surface area (Å²) in [6, 6.07) is 11.6. The van der Waals surface area contributed by atoms with Crippen LogP contribution in [0.2, 0.25) is 0 Å². The summed E-state index contributed by atoms with van der Waals surface area (Å²) in [5.74, 6) is 1.35. The number of aromatic nitrogens is 1. The number of carbonyl (C=O) groups is 1. The van der Waals surface area contributed by atoms with Crippen molar-refractivity contribution >= 4 is 28.6 Å². The number of para-hydroxylation sites is 2. The van der Waals surface area contributed by atoms with E-state index in [2.05, 4.69) is 27.8 Å². The Bertz CT molecular complexity index is 981. The van der Waals surface area contributed by atoms with Gasteiger partial charge in [0.15, 0.2) is 11.5 Å². The van der Waals surface area contributed by atoms with Crippen LogP contribution in [0.25, 0.3) is 9.88 Å². The second-order valence-electron chi connectivity index (χ2n) is 7.09. The number of thiazole rings is 1. The van der Waals surface area contributed by atoms with Gasteiger partial charge >= 0.3 is 0 Å². The molecule has 2 aromatic heterocycles. The van der Waals surface area contributed by atoms with Crippen molar-refractivity contribution in [1.29, 1.82) is 0 Å². The standard InChI is InChI=1S/C21H21N3O3S2/c25-21(18-13-26-16-4-1-2-5-17(16)27-18)24-9-7-23(8-10-24)12-15-14-29-20(22-15)19-6-3-11-28-19/h1-6,11,14,18H,7-10,12-13H2. The van der Waals surface area contributed by atoms with Crippen LogP contribution < -0.4 is 9.47 Å². The van der Waals surface area contributed by atoms with E-state index in [1.54, 1.807) is 22.7 Å². The summed E-state index contributed by atoms with van der Waals surface area (Å²) in [5.41, 5.74) is 1.10. The molecule has 0 N–H and O–H groups in total. The molecule has 2 aliphatic heterocycles. The molecule has 1 fully saturated rings. The second-order valence-corrected chi connectivity index (χ2v) is 8.89. The first kappa shape index (κ1) is 18.6. The zero-order chi connectivity index (χ0) is 19.6. The Labute approximate surface area is 177 Å². The number of thiophene rings is 1. The van der Waals surface area contributed by atoms with Gasteiger partial charge in [0.25, 0.3) is 5.91 Å². The van der Waals surface area contributed by atoms with E-state index in [0.717, 1.165) is 30.3 Å². The van der Waals surface area contributed by atoms with Crippen molar-refractivity contribution in [3.63, 3.8) is 0 Å². The van der Waals surface area contributed by atoms with E-state index in [0.29, 0.717) is 24.6 Å². The summed E-state index contributed by atoms with van der Waals surface area (Å²) in [6.45, 7) is 4.15. The number of amides is 1. The Morgan fingerprint density at radius 1 is 1.07 bits per heavy atom. The second kappa shape index (κ2) is 8.14. The van der Waals surface area contributed by atoms with Crippen molar-refractivity contribution in [2.75, 3.05) is 32.8 Å². The van der Waals surface area contributed by atoms with E-state index in [1.807, 2.05) is 29.2 Å². The molecule has 1 unspecified atom stereocenters. The SMILES string of the molecule is O=C(C1COc2ccccc2O1)N1CCN(Cc2csc(-c3cccs3)n2)CC1. The van der Waals surface area contributed by atoms with Crippen LogP contribution >= 0.6 is 22.7 Å². The molecule has 0 aliphatic carbocycles. The largest absolute Gasteiger partial charge is 0.485 e. The molecular weight excluding hydrogens is 406 g/mol. The minimum Gasteiger partial charge on any atom is -0.485 e. The highest BCUT2D eigenvalue weighted by atomic mass is 32.1. The molecule has 6 nitrogen and oxygen atoms in total. The highest BCUT2D eigenvalue weighted by molar-refractivity contribution is 7.20. The van der Waals surface area contributed by atoms with E-state index < -0.39 is 6.10 Å². The summed E-state index contributed by atoms with van der Waals surface area (Å²) in [5, 5.41) is 5.29. The zero-order valence-electron chi connectivity index (χ0n) is 15.8. The molecular formula is C21H21N3O3S2. The highest BCUT2D eigenvalue weighted by Gasteiger charge is 2.32. The molecule has 0 saturated carbocycles. The molecule has 0 spiro atoms. The van der Waals surface area contributed by atoms with Gasteiger partial charge in [0.1, 0.15) is 11.6 Å². The fourth-order valence-corrected chi connectivity index (χ4v) is 5.22. The molecule has 3 aromatic rings. The number of piperazine rings is 1. The van der Waals surface area contributed by atoms with Gasteiger partial charge in [-0.1, -0.05) is 18.2 Å². The zero-order valence-corrected chi connectivity index (χ0v) is 17.5. The number of hydrogen-bond donors (Lipinski definition) is 0. The van der Waals surface area contributed by atoms with Gasteiger partial charge in [-0.25, -0.2) is 4.98 Å². The van der Waals surface area contributed by atoms with Crippen molar-refractivity contribution in [2.24, 2.45) is 0 Å². The van der Waals surface area contributed by atoms with E-state index in [9.17, 15) is 4.79 Å². The average Bonchev–Trinajstić information content (AvgIpc) is 3.45. The minimum absolute atomic E-state index is 0.00722. The van der Waals surface area contributed by atoms with Gasteiger partial charge in [0.2, 0.25) is 6.10 Å². The maximum absolute atomic E-state index is 12.9. The Hall–Kier alpha value is -2.42. The molecule has 29 heavy (non-hydrogen) atoms. The van der Waals surface area contributed by atoms with Crippen LogP contribution in [0.5, 0.6) is 11.5 Å². The van der Waals surface area contributed by atoms with Crippen molar-refractivity contribution in [3.05, 3.63) is 52.9 Å². The molecule has 0 bridgehead atoms. The third kappa shape index (κ3) is 4.01. The lowest BCUT2D eigenvalue weighted by molar-refractivity contribution is -0.143. The Balaban J connectivity index is 1.14. The molecule has 2 aliphatic rings. The molecule has 5 rings (SSSR count). The Morgan fingerprint density at radius 2 is 1.90 bits per heavy atom. The molecule has 150 valence electrons. The lowest BCUT2D eigenvalue weighted by Crippen LogP contribution is -2.53. The van der Waals surface area contributed by atoms with Gasteiger partial charge in [-0.2, -0.15) is 0 Å². The molecule has 0 radical (unpaired) electrons. The van der Waals surface area contributed by atoms with Gasteiger partial charge in [-0.3, -0.25) is 9.69 Å². The van der Waals surface area contributed by atoms with E-state index in [-0.39, 0.29) is 12.5 Å². The maximum atomic E-state index is 12.9. The molecule has 1 aromatic carbocycles. The predicted octanol–water partition coefficient (Wildman–Crippen LogP) is 3.36. The predicted molar refractivity (Wildman–Crippen MR) is 114 cm³/mol. The lowest BCUT2D eigenvalue weighted by atomic mass is 10.2. The summed E-state index contributed by atoms with van der Waals surface area (Å²) in [4.78, 5) is 23.1. The van der Waals surface area contributed by atoms with Crippen LogP contribution in [0.1, 0.15) is 5.69 Å². The summed E-state index contributed by atoms with van der Waals surface area (Å²) in [6.07, 6.45) is -0.566. The first-order valence-corrected chi connectivity index (χ1v) is 11.4. The molecule has 1 amide bonds. The quantitative estimate of drug-likeness (QED) is 0.639. The van der Waals surface area contributed by atoms with Crippen molar-refractivity contribution < 1.29 is 14.3 Å². The third-order valence-electron chi connectivity index (χ3n) is 5.14. The number of nitrogens with zero attached hydrogens (tertiary/aromatic N) is 3. The first-order chi connectivity index (χ1) is 14.3. The molecule has 1 saturated heterocycles. The number of carbonyl (C=O) groups excluding carboxylic acids is 1. The van der Waals surface area contributed by atoms with Crippen LogP contribution in [0.4, 0.5) is 0 Å². The van der Waals surface area contributed by atoms with Gasteiger partial charge < -0.3 is 14.4 Å². The minimum atomic E-state index is -0.566. The number of fused-ring (bicyclic) bond motifs is 1. The van der Waals surface area contributed by atoms with Gasteiger partial charge in [-0.05, 0) is 23.6 Å². The topological polar surface area (TPSA) is 54.9 Å². The molecule has 1 atom stereocenters. The fourth-order valence-electron chi connectivity index (χ4n) is 3.59. The van der Waals surface area contributed by atoms with Crippen LogP contribution in [-0.2, 0) is 11.3 Å². The number of hydrogen-bond acceptors (Lipinski definition) is 7. The highest BCUT2D eigenvalue weighted by Crippen LogP contribution is 2.31. The number of rotatable bonds is 4. The third-order valence-corrected chi connectivity index (χ3v) is 7.07. The Morgan fingerprint density at radius 3 is 2.69 bits per heavy atom. The number of ether oxygens (including phenoxy) is 2. The monoisotopic (exact) mass is 427 g/mol. The molecule has 4 heterocycles. The van der Waals surface area contributed by atoms with Gasteiger partial charge in [-0.15, -0.1) is 22.7 Å². The lowest BCUT2D eigenvalue weighted by Gasteiger charge is -2.36. The van der Waals surface area contributed by atoms with Crippen LogP contribution in [-0.4, -0.2) is 59.6 Å². The fraction of sp³-hybridized carbons (Fsp3) is 0.333. The van der Waals surface area contributed by atoms with Crippen molar-refractivity contribution in [3.8, 4) is 21.4 Å². The van der Waals surface area contributed by atoms with Crippen LogP contribution in [0.15, 0.2) is 47.2 Å². The summed E-state index contributed by atoms with van der Waals surface area (Å²) >= 11 is 3.41. The van der Waals surface area contributed by atoms with Crippen LogP contribution in [0.3, 0.4) is 0 Å². The van der Waals surface area contributed by atoms with Crippen molar-refractivity contribution in [2.45, 2.75) is 12.6 Å². The van der Waals surface area contributed by atoms with Gasteiger partial charge in [0.05, 0.1) is 10.6 Å². The van der Waals surface area contributed by atoms with E-state index in [1.165, 1.54) is 4.88 Å². The van der Waals surface area contributed by atoms with Crippen LogP contribution in [0, 0.1) is 0 Å². The summed E-state index contributed by atoms with van der Waals surface area (Å²) in [7, 11) is 0. The van der Waals surface area contributed by atoms with E-state index >= 15 is 0 Å². The average molecular weight is 428 g/mol. The Kier molecular flexibility index (Phi) is 5.22. The number of benzene rings is 1. The summed E-state index contributed by atoms with van der Waals surface area (Å²) < 4.78 is 11.6. The molecule has 8 heteroatoms. The first-order valence-electron chi connectivity index (χ1n) is 9.64. The normalized spacial score (nSPS) is 19.3. The maximum Gasteiger partial charge on any atom is 0.267 e. The van der Waals surface area contributed by atoms with Gasteiger partial charge in [0, 0.05) is 38.1 Å².